The summed E-state index contributed by atoms with van der Waals surface area (Å²) >= 11 is 0. The standard InChI is InChI=1S/C26H27N5O4/c1-2-18-13-17(15-27)5-12-22(18)29-26-31-30-25(35-26)24(34)28-21-10-8-20(9-11-21)19-6-3-16(4-7-19)14-23(32)33/h5,8-13,16,19H,2-4,6-7,14H2,1H3,(H,28,34)(H,29,31)(H,32,33). The van der Waals surface area contributed by atoms with Crippen molar-refractivity contribution in [3.63, 3.8) is 0 Å². The predicted molar refractivity (Wildman–Crippen MR) is 129 cm³/mol. The molecule has 3 N–H and O–H groups in total. The molecule has 0 bridgehead atoms. The van der Waals surface area contributed by atoms with Crippen molar-refractivity contribution in [3.8, 4) is 6.07 Å². The van der Waals surface area contributed by atoms with Crippen molar-refractivity contribution >= 4 is 29.3 Å². The number of benzene rings is 2. The van der Waals surface area contributed by atoms with E-state index in [9.17, 15) is 9.59 Å². The van der Waals surface area contributed by atoms with Gasteiger partial charge in [-0.25, -0.2) is 0 Å². The maximum Gasteiger partial charge on any atom is 0.320 e. The number of carboxylic acid groups (broad SMARTS) is 1. The molecule has 1 heterocycles. The number of rotatable bonds is 8. The van der Waals surface area contributed by atoms with E-state index >= 15 is 0 Å². The highest BCUT2D eigenvalue weighted by Crippen LogP contribution is 2.37. The first-order valence-electron chi connectivity index (χ1n) is 11.7. The van der Waals surface area contributed by atoms with Crippen LogP contribution in [0.2, 0.25) is 0 Å². The summed E-state index contributed by atoms with van der Waals surface area (Å²) in [6.45, 7) is 1.98. The molecule has 35 heavy (non-hydrogen) atoms. The lowest BCUT2D eigenvalue weighted by atomic mass is 9.77. The van der Waals surface area contributed by atoms with Crippen LogP contribution in [-0.4, -0.2) is 27.2 Å². The van der Waals surface area contributed by atoms with Crippen molar-refractivity contribution in [3.05, 3.63) is 65.0 Å². The number of nitrogens with zero attached hydrogens (tertiary/aromatic N) is 3. The number of anilines is 3. The third kappa shape index (κ3) is 6.03. The summed E-state index contributed by atoms with van der Waals surface area (Å²) in [6.07, 6.45) is 4.74. The SMILES string of the molecule is CCc1cc(C#N)ccc1Nc1nnc(C(=O)Nc2ccc(C3CCC(CC(=O)O)CC3)cc2)o1. The number of carbonyl (C=O) groups is 2. The summed E-state index contributed by atoms with van der Waals surface area (Å²) in [5.74, 6) is -0.730. The summed E-state index contributed by atoms with van der Waals surface area (Å²) in [5, 5.41) is 31.6. The van der Waals surface area contributed by atoms with Crippen molar-refractivity contribution in [1.82, 2.24) is 10.2 Å². The average molecular weight is 474 g/mol. The third-order valence-electron chi connectivity index (χ3n) is 6.43. The molecule has 0 radical (unpaired) electrons. The van der Waals surface area contributed by atoms with E-state index in [1.807, 2.05) is 31.2 Å². The number of nitrogens with one attached hydrogen (secondary N) is 2. The quantitative estimate of drug-likeness (QED) is 0.403. The van der Waals surface area contributed by atoms with Gasteiger partial charge in [0.15, 0.2) is 0 Å². The van der Waals surface area contributed by atoms with E-state index in [0.29, 0.717) is 23.6 Å². The lowest BCUT2D eigenvalue weighted by Crippen LogP contribution is -2.16. The Kier molecular flexibility index (Phi) is 7.41. The van der Waals surface area contributed by atoms with Crippen LogP contribution in [0.1, 0.15) is 72.3 Å². The zero-order valence-corrected chi connectivity index (χ0v) is 19.5. The Morgan fingerprint density at radius 1 is 1.11 bits per heavy atom. The van der Waals surface area contributed by atoms with Gasteiger partial charge in [-0.05, 0) is 85.4 Å². The maximum absolute atomic E-state index is 12.6. The molecule has 0 aliphatic heterocycles. The lowest BCUT2D eigenvalue weighted by molar-refractivity contribution is -0.138. The van der Waals surface area contributed by atoms with Crippen LogP contribution in [0.5, 0.6) is 0 Å². The molecule has 1 amide bonds. The van der Waals surface area contributed by atoms with Crippen LogP contribution < -0.4 is 10.6 Å². The molecule has 1 aliphatic rings. The van der Waals surface area contributed by atoms with Crippen LogP contribution in [0.15, 0.2) is 46.9 Å². The number of carboxylic acids is 1. The summed E-state index contributed by atoms with van der Waals surface area (Å²) in [5.41, 5.74) is 4.02. The molecule has 0 unspecified atom stereocenters. The third-order valence-corrected chi connectivity index (χ3v) is 6.43. The van der Waals surface area contributed by atoms with Crippen LogP contribution in [-0.2, 0) is 11.2 Å². The first-order chi connectivity index (χ1) is 16.9. The van der Waals surface area contributed by atoms with E-state index in [0.717, 1.165) is 36.9 Å². The van der Waals surface area contributed by atoms with Crippen LogP contribution in [0, 0.1) is 17.2 Å². The minimum absolute atomic E-state index is 0.0865. The van der Waals surface area contributed by atoms with Crippen LogP contribution in [0.25, 0.3) is 0 Å². The normalized spacial score (nSPS) is 17.4. The Bertz CT molecular complexity index is 1240. The first kappa shape index (κ1) is 24.0. The van der Waals surface area contributed by atoms with Gasteiger partial charge in [0.2, 0.25) is 0 Å². The molecule has 0 saturated heterocycles. The predicted octanol–water partition coefficient (Wildman–Crippen LogP) is 5.25. The minimum atomic E-state index is -0.724. The number of carbonyl (C=O) groups excluding carboxylic acids is 1. The summed E-state index contributed by atoms with van der Waals surface area (Å²) in [4.78, 5) is 23.5. The molecule has 1 fully saturated rings. The van der Waals surface area contributed by atoms with Gasteiger partial charge < -0.3 is 20.2 Å². The van der Waals surface area contributed by atoms with Gasteiger partial charge in [0, 0.05) is 17.8 Å². The second-order valence-corrected chi connectivity index (χ2v) is 8.77. The van der Waals surface area contributed by atoms with Gasteiger partial charge in [-0.3, -0.25) is 9.59 Å². The van der Waals surface area contributed by atoms with Gasteiger partial charge in [0.25, 0.3) is 0 Å². The number of nitriles is 1. The first-order valence-corrected chi connectivity index (χ1v) is 11.7. The highest BCUT2D eigenvalue weighted by atomic mass is 16.4. The Morgan fingerprint density at radius 2 is 1.86 bits per heavy atom. The molecule has 180 valence electrons. The van der Waals surface area contributed by atoms with Gasteiger partial charge in [0.1, 0.15) is 0 Å². The highest BCUT2D eigenvalue weighted by molar-refractivity contribution is 6.00. The largest absolute Gasteiger partial charge is 0.481 e. The van der Waals surface area contributed by atoms with E-state index < -0.39 is 11.9 Å². The molecule has 9 nitrogen and oxygen atoms in total. The van der Waals surface area contributed by atoms with Gasteiger partial charge >= 0.3 is 23.8 Å². The molecule has 1 aliphatic carbocycles. The highest BCUT2D eigenvalue weighted by Gasteiger charge is 2.24. The molecular weight excluding hydrogens is 446 g/mol. The molecule has 3 aromatic rings. The van der Waals surface area contributed by atoms with E-state index in [1.54, 1.807) is 18.2 Å². The topological polar surface area (TPSA) is 141 Å². The van der Waals surface area contributed by atoms with Crippen LogP contribution in [0.4, 0.5) is 17.4 Å². The van der Waals surface area contributed by atoms with Crippen molar-refractivity contribution in [2.75, 3.05) is 10.6 Å². The zero-order valence-electron chi connectivity index (χ0n) is 19.5. The molecule has 0 spiro atoms. The smallest absolute Gasteiger partial charge is 0.320 e. The number of aryl methyl sites for hydroxylation is 1. The van der Waals surface area contributed by atoms with E-state index in [2.05, 4.69) is 26.9 Å². The summed E-state index contributed by atoms with van der Waals surface area (Å²) in [6, 6.07) is 15.1. The average Bonchev–Trinajstić information content (AvgIpc) is 3.34. The molecule has 4 rings (SSSR count). The maximum atomic E-state index is 12.6. The zero-order chi connectivity index (χ0) is 24.8. The number of aromatic nitrogens is 2. The Labute approximate surface area is 203 Å². The second kappa shape index (κ2) is 10.8. The second-order valence-electron chi connectivity index (χ2n) is 8.77. The fourth-order valence-electron chi connectivity index (χ4n) is 4.53. The number of hydrogen-bond donors (Lipinski definition) is 3. The number of aliphatic carboxylic acids is 1. The van der Waals surface area contributed by atoms with Crippen molar-refractivity contribution in [1.29, 1.82) is 5.26 Å². The van der Waals surface area contributed by atoms with E-state index in [1.165, 1.54) is 5.56 Å². The summed E-state index contributed by atoms with van der Waals surface area (Å²) in [7, 11) is 0. The van der Waals surface area contributed by atoms with Crippen LogP contribution in [0.3, 0.4) is 0 Å². The van der Waals surface area contributed by atoms with Gasteiger partial charge in [0.05, 0.1) is 11.6 Å². The molecular formula is C26H27N5O4. The number of hydrogen-bond acceptors (Lipinski definition) is 7. The Hall–Kier alpha value is -4.19. The Morgan fingerprint density at radius 3 is 2.51 bits per heavy atom. The molecule has 2 aromatic carbocycles. The molecule has 1 aromatic heterocycles. The lowest BCUT2D eigenvalue weighted by Gasteiger charge is -2.28. The minimum Gasteiger partial charge on any atom is -0.481 e. The number of amides is 1. The monoisotopic (exact) mass is 473 g/mol. The fourth-order valence-corrected chi connectivity index (χ4v) is 4.53. The van der Waals surface area contributed by atoms with E-state index in [-0.39, 0.29) is 24.2 Å². The van der Waals surface area contributed by atoms with Gasteiger partial charge in [-0.15, -0.1) is 5.10 Å². The molecule has 0 atom stereocenters. The molecule has 1 saturated carbocycles. The van der Waals surface area contributed by atoms with Crippen molar-refractivity contribution < 1.29 is 19.1 Å². The van der Waals surface area contributed by atoms with Gasteiger partial charge in [-0.2, -0.15) is 5.26 Å². The van der Waals surface area contributed by atoms with Crippen LogP contribution >= 0.6 is 0 Å². The Balaban J connectivity index is 1.34. The van der Waals surface area contributed by atoms with Gasteiger partial charge in [-0.1, -0.05) is 24.2 Å². The van der Waals surface area contributed by atoms with Crippen molar-refractivity contribution in [2.45, 2.75) is 51.4 Å². The molecule has 9 heteroatoms. The van der Waals surface area contributed by atoms with Crippen molar-refractivity contribution in [2.24, 2.45) is 5.92 Å². The van der Waals surface area contributed by atoms with E-state index in [4.69, 9.17) is 14.8 Å². The summed E-state index contributed by atoms with van der Waals surface area (Å²) < 4.78 is 5.48. The fraction of sp³-hybridized carbons (Fsp3) is 0.346.